The number of rotatable bonds is 6. The average Bonchev–Trinajstić information content (AvgIpc) is 2.98. The summed E-state index contributed by atoms with van der Waals surface area (Å²) in [4.78, 5) is 28.4. The molecule has 1 aromatic rings. The number of carbonyl (C=O) groups is 2. The minimum absolute atomic E-state index is 0.197. The molecule has 0 saturated carbocycles. The lowest BCUT2D eigenvalue weighted by molar-refractivity contribution is -0.145. The normalized spacial score (nSPS) is 16.6. The number of esters is 2. The Morgan fingerprint density at radius 2 is 2.30 bits per heavy atom. The second-order valence-electron chi connectivity index (χ2n) is 4.42. The summed E-state index contributed by atoms with van der Waals surface area (Å²) in [5, 5.41) is 3.83. The van der Waals surface area contributed by atoms with Gasteiger partial charge >= 0.3 is 11.9 Å². The van der Waals surface area contributed by atoms with E-state index in [4.69, 9.17) is 4.74 Å². The van der Waals surface area contributed by atoms with Gasteiger partial charge in [-0.3, -0.25) is 9.59 Å². The number of nitrogens with one attached hydrogen (secondary N) is 1. The summed E-state index contributed by atoms with van der Waals surface area (Å²) in [6.45, 7) is 2.66. The van der Waals surface area contributed by atoms with E-state index < -0.39 is 0 Å². The van der Waals surface area contributed by atoms with Crippen molar-refractivity contribution in [3.8, 4) is 0 Å². The molecule has 1 aliphatic rings. The predicted octanol–water partition coefficient (Wildman–Crippen LogP) is 1.71. The lowest BCUT2D eigenvalue weighted by Crippen LogP contribution is -2.14. The molecule has 1 N–H and O–H groups in total. The quantitative estimate of drug-likeness (QED) is 0.806. The highest BCUT2D eigenvalue weighted by Crippen LogP contribution is 2.38. The zero-order chi connectivity index (χ0) is 14.5. The van der Waals surface area contributed by atoms with Crippen LogP contribution in [0.4, 0.5) is 5.13 Å². The van der Waals surface area contributed by atoms with Crippen LogP contribution in [0.2, 0.25) is 0 Å². The zero-order valence-electron chi connectivity index (χ0n) is 11.6. The van der Waals surface area contributed by atoms with E-state index in [1.54, 1.807) is 6.92 Å². The SMILES string of the molecule is CCOC(=O)C1CCc2sc(NCCC(=O)OC)nc21. The number of hydrogen-bond donors (Lipinski definition) is 1. The van der Waals surface area contributed by atoms with E-state index in [0.717, 1.165) is 28.5 Å². The van der Waals surface area contributed by atoms with E-state index in [9.17, 15) is 9.59 Å². The van der Waals surface area contributed by atoms with Gasteiger partial charge in [0.25, 0.3) is 0 Å². The predicted molar refractivity (Wildman–Crippen MR) is 74.9 cm³/mol. The summed E-state index contributed by atoms with van der Waals surface area (Å²) in [5.41, 5.74) is 0.828. The van der Waals surface area contributed by atoms with Gasteiger partial charge in [0.05, 0.1) is 25.8 Å². The van der Waals surface area contributed by atoms with E-state index in [-0.39, 0.29) is 17.9 Å². The summed E-state index contributed by atoms with van der Waals surface area (Å²) < 4.78 is 9.63. The number of ether oxygens (including phenoxy) is 2. The molecule has 0 spiro atoms. The maximum atomic E-state index is 11.8. The van der Waals surface area contributed by atoms with Crippen LogP contribution in [0.1, 0.15) is 36.3 Å². The molecule has 1 atom stereocenters. The number of carbonyl (C=O) groups excluding carboxylic acids is 2. The lowest BCUT2D eigenvalue weighted by atomic mass is 10.1. The Bertz CT molecular complexity index is 501. The van der Waals surface area contributed by atoms with Crippen LogP contribution in [0, 0.1) is 0 Å². The van der Waals surface area contributed by atoms with Gasteiger partial charge in [0.2, 0.25) is 0 Å². The first-order valence-corrected chi connectivity index (χ1v) is 7.44. The molecule has 1 aliphatic carbocycles. The first-order chi connectivity index (χ1) is 9.65. The van der Waals surface area contributed by atoms with Crippen molar-refractivity contribution in [2.24, 2.45) is 0 Å². The Morgan fingerprint density at radius 3 is 3.00 bits per heavy atom. The number of aryl methyl sites for hydroxylation is 1. The molecule has 6 nitrogen and oxygen atoms in total. The van der Waals surface area contributed by atoms with Crippen molar-refractivity contribution >= 4 is 28.4 Å². The van der Waals surface area contributed by atoms with Gasteiger partial charge in [-0.15, -0.1) is 11.3 Å². The van der Waals surface area contributed by atoms with Crippen LogP contribution in [-0.4, -0.2) is 37.2 Å². The van der Waals surface area contributed by atoms with Crippen LogP contribution in [-0.2, 0) is 25.5 Å². The molecule has 0 bridgehead atoms. The highest BCUT2D eigenvalue weighted by molar-refractivity contribution is 7.15. The first-order valence-electron chi connectivity index (χ1n) is 6.62. The second kappa shape index (κ2) is 6.69. The molecule has 7 heteroatoms. The average molecular weight is 298 g/mol. The molecule has 2 rings (SSSR count). The molecule has 1 heterocycles. The summed E-state index contributed by atoms with van der Waals surface area (Å²) in [7, 11) is 1.37. The van der Waals surface area contributed by atoms with E-state index in [1.807, 2.05) is 0 Å². The highest BCUT2D eigenvalue weighted by Gasteiger charge is 2.33. The number of hydrogen-bond acceptors (Lipinski definition) is 7. The van der Waals surface area contributed by atoms with Gasteiger partial charge in [0, 0.05) is 11.4 Å². The van der Waals surface area contributed by atoms with E-state index in [0.29, 0.717) is 19.6 Å². The van der Waals surface area contributed by atoms with Crippen molar-refractivity contribution < 1.29 is 19.1 Å². The smallest absolute Gasteiger partial charge is 0.315 e. The van der Waals surface area contributed by atoms with Gasteiger partial charge in [-0.25, -0.2) is 4.98 Å². The van der Waals surface area contributed by atoms with Crippen LogP contribution < -0.4 is 5.32 Å². The molecule has 0 amide bonds. The van der Waals surface area contributed by atoms with E-state index in [1.165, 1.54) is 18.4 Å². The van der Waals surface area contributed by atoms with Crippen molar-refractivity contribution in [2.75, 3.05) is 25.6 Å². The fourth-order valence-corrected chi connectivity index (χ4v) is 3.21. The van der Waals surface area contributed by atoms with Crippen LogP contribution in [0.15, 0.2) is 0 Å². The Labute approximate surface area is 121 Å². The molecule has 1 aromatic heterocycles. The van der Waals surface area contributed by atoms with Crippen LogP contribution in [0.3, 0.4) is 0 Å². The van der Waals surface area contributed by atoms with Gasteiger partial charge in [-0.05, 0) is 19.8 Å². The monoisotopic (exact) mass is 298 g/mol. The van der Waals surface area contributed by atoms with Crippen molar-refractivity contribution in [3.63, 3.8) is 0 Å². The number of anilines is 1. The molecular weight excluding hydrogens is 280 g/mol. The third kappa shape index (κ3) is 3.27. The third-order valence-corrected chi connectivity index (χ3v) is 4.21. The van der Waals surface area contributed by atoms with Crippen molar-refractivity contribution in [1.29, 1.82) is 0 Å². The Morgan fingerprint density at radius 1 is 1.50 bits per heavy atom. The van der Waals surface area contributed by atoms with Crippen molar-refractivity contribution in [3.05, 3.63) is 10.6 Å². The number of nitrogens with zero attached hydrogens (tertiary/aromatic N) is 1. The lowest BCUT2D eigenvalue weighted by Gasteiger charge is -2.08. The van der Waals surface area contributed by atoms with Gasteiger partial charge in [0.1, 0.15) is 5.92 Å². The topological polar surface area (TPSA) is 77.5 Å². The fourth-order valence-electron chi connectivity index (χ4n) is 2.15. The minimum atomic E-state index is -0.258. The summed E-state index contributed by atoms with van der Waals surface area (Å²) >= 11 is 1.54. The van der Waals surface area contributed by atoms with E-state index in [2.05, 4.69) is 15.0 Å². The number of methoxy groups -OCH3 is 1. The molecular formula is C13H18N2O4S. The highest BCUT2D eigenvalue weighted by atomic mass is 32.1. The summed E-state index contributed by atoms with van der Waals surface area (Å²) in [6.07, 6.45) is 1.92. The Kier molecular flexibility index (Phi) is 4.94. The molecule has 110 valence electrons. The molecule has 0 aromatic carbocycles. The largest absolute Gasteiger partial charge is 0.469 e. The van der Waals surface area contributed by atoms with Gasteiger partial charge in [-0.2, -0.15) is 0 Å². The first kappa shape index (κ1) is 14.8. The fraction of sp³-hybridized carbons (Fsp3) is 0.615. The van der Waals surface area contributed by atoms with Crippen LogP contribution in [0.25, 0.3) is 0 Å². The van der Waals surface area contributed by atoms with Gasteiger partial charge in [-0.1, -0.05) is 0 Å². The summed E-state index contributed by atoms with van der Waals surface area (Å²) in [6, 6.07) is 0. The van der Waals surface area contributed by atoms with Gasteiger partial charge in [0.15, 0.2) is 5.13 Å². The third-order valence-electron chi connectivity index (χ3n) is 3.12. The van der Waals surface area contributed by atoms with Gasteiger partial charge < -0.3 is 14.8 Å². The Balaban J connectivity index is 1.94. The minimum Gasteiger partial charge on any atom is -0.469 e. The van der Waals surface area contributed by atoms with Crippen LogP contribution in [0.5, 0.6) is 0 Å². The number of thiazole rings is 1. The molecule has 0 radical (unpaired) electrons. The van der Waals surface area contributed by atoms with E-state index >= 15 is 0 Å². The number of aromatic nitrogens is 1. The Hall–Kier alpha value is -1.63. The maximum Gasteiger partial charge on any atom is 0.315 e. The van der Waals surface area contributed by atoms with Crippen molar-refractivity contribution in [1.82, 2.24) is 4.98 Å². The van der Waals surface area contributed by atoms with Crippen LogP contribution >= 0.6 is 11.3 Å². The molecule has 20 heavy (non-hydrogen) atoms. The zero-order valence-corrected chi connectivity index (χ0v) is 12.4. The molecule has 0 saturated heterocycles. The maximum absolute atomic E-state index is 11.8. The number of fused-ring (bicyclic) bond motifs is 1. The molecule has 0 aliphatic heterocycles. The standard InChI is InChI=1S/C13H18N2O4S/c1-3-19-12(17)8-4-5-9-11(8)15-13(20-9)14-7-6-10(16)18-2/h8H,3-7H2,1-2H3,(H,14,15). The molecule has 1 unspecified atom stereocenters. The molecule has 0 fully saturated rings. The summed E-state index contributed by atoms with van der Waals surface area (Å²) in [5.74, 6) is -0.694. The second-order valence-corrected chi connectivity index (χ2v) is 5.51. The van der Waals surface area contributed by atoms with Crippen molar-refractivity contribution in [2.45, 2.75) is 32.1 Å².